The molecule has 0 aliphatic heterocycles. The Labute approximate surface area is 136 Å². The lowest BCUT2D eigenvalue weighted by atomic mass is 10.2. The van der Waals surface area contributed by atoms with Crippen molar-refractivity contribution in [1.29, 1.82) is 0 Å². The van der Waals surface area contributed by atoms with Crippen LogP contribution < -0.4 is 5.32 Å². The molecule has 0 unspecified atom stereocenters. The fourth-order valence-corrected chi connectivity index (χ4v) is 2.52. The molecule has 4 nitrogen and oxygen atoms in total. The van der Waals surface area contributed by atoms with E-state index in [0.717, 1.165) is 11.0 Å². The van der Waals surface area contributed by atoms with E-state index in [1.807, 2.05) is 24.3 Å². The number of nitrogens with one attached hydrogen (secondary N) is 2. The van der Waals surface area contributed by atoms with Crippen molar-refractivity contribution in [3.05, 3.63) is 64.1 Å². The molecule has 6 heteroatoms. The van der Waals surface area contributed by atoms with Crippen LogP contribution in [0.15, 0.2) is 48.5 Å². The highest BCUT2D eigenvalue weighted by Gasteiger charge is 2.05. The number of imidazole rings is 1. The molecule has 0 atom stereocenters. The van der Waals surface area contributed by atoms with Gasteiger partial charge in [-0.2, -0.15) is 0 Å². The van der Waals surface area contributed by atoms with Gasteiger partial charge in [-0.25, -0.2) is 4.98 Å². The van der Waals surface area contributed by atoms with Crippen LogP contribution >= 0.6 is 23.2 Å². The number of hydrogen-bond acceptors (Lipinski definition) is 2. The number of H-pyrrole nitrogens is 1. The van der Waals surface area contributed by atoms with Crippen LogP contribution in [0.1, 0.15) is 5.56 Å². The first kappa shape index (κ1) is 14.6. The fraction of sp³-hybridized carbons (Fsp3) is 0. The van der Waals surface area contributed by atoms with E-state index in [9.17, 15) is 4.79 Å². The second-order valence-corrected chi connectivity index (χ2v) is 5.37. The number of para-hydroxylation sites is 2. The Balaban J connectivity index is 1.76. The van der Waals surface area contributed by atoms with Crippen molar-refractivity contribution in [2.75, 3.05) is 5.32 Å². The van der Waals surface area contributed by atoms with Crippen molar-refractivity contribution in [3.8, 4) is 0 Å². The molecule has 3 rings (SSSR count). The number of halogens is 2. The fourth-order valence-electron chi connectivity index (χ4n) is 2.00. The van der Waals surface area contributed by atoms with E-state index in [-0.39, 0.29) is 5.91 Å². The van der Waals surface area contributed by atoms with Gasteiger partial charge in [-0.15, -0.1) is 0 Å². The summed E-state index contributed by atoms with van der Waals surface area (Å²) in [5.41, 5.74) is 2.25. The van der Waals surface area contributed by atoms with E-state index in [0.29, 0.717) is 21.6 Å². The number of aromatic amines is 1. The number of hydrogen-bond donors (Lipinski definition) is 2. The first-order chi connectivity index (χ1) is 10.6. The molecule has 3 aromatic rings. The average Bonchev–Trinajstić information content (AvgIpc) is 2.88. The van der Waals surface area contributed by atoms with E-state index in [4.69, 9.17) is 23.2 Å². The first-order valence-electron chi connectivity index (χ1n) is 6.51. The Bertz CT molecular complexity index is 817. The van der Waals surface area contributed by atoms with Crippen LogP contribution in [-0.4, -0.2) is 15.9 Å². The van der Waals surface area contributed by atoms with Crippen LogP contribution in [0.3, 0.4) is 0 Å². The largest absolute Gasteiger partial charge is 0.324 e. The van der Waals surface area contributed by atoms with Crippen molar-refractivity contribution in [2.45, 2.75) is 0 Å². The summed E-state index contributed by atoms with van der Waals surface area (Å²) in [5, 5.41) is 3.63. The SMILES string of the molecule is O=C(/C=C/c1c(Cl)cccc1Cl)Nc1nc2ccccc2[nH]1. The molecule has 1 aromatic heterocycles. The molecule has 0 saturated heterocycles. The average molecular weight is 332 g/mol. The van der Waals surface area contributed by atoms with Crippen LogP contribution in [0, 0.1) is 0 Å². The third-order valence-corrected chi connectivity index (χ3v) is 3.69. The molecule has 2 N–H and O–H groups in total. The molecule has 0 aliphatic carbocycles. The Morgan fingerprint density at radius 3 is 2.55 bits per heavy atom. The van der Waals surface area contributed by atoms with Crippen LogP contribution in [0.2, 0.25) is 10.0 Å². The van der Waals surface area contributed by atoms with Gasteiger partial charge in [0.25, 0.3) is 5.91 Å². The predicted octanol–water partition coefficient (Wildman–Crippen LogP) is 4.52. The summed E-state index contributed by atoms with van der Waals surface area (Å²) < 4.78 is 0. The van der Waals surface area contributed by atoms with Gasteiger partial charge in [0.2, 0.25) is 5.95 Å². The van der Waals surface area contributed by atoms with E-state index >= 15 is 0 Å². The van der Waals surface area contributed by atoms with Gasteiger partial charge in [0.15, 0.2) is 0 Å². The molecule has 0 radical (unpaired) electrons. The van der Waals surface area contributed by atoms with Gasteiger partial charge in [0, 0.05) is 21.7 Å². The lowest BCUT2D eigenvalue weighted by molar-refractivity contribution is -0.111. The van der Waals surface area contributed by atoms with Crippen LogP contribution in [0.25, 0.3) is 17.1 Å². The highest BCUT2D eigenvalue weighted by Crippen LogP contribution is 2.25. The van der Waals surface area contributed by atoms with Crippen molar-refractivity contribution < 1.29 is 4.79 Å². The zero-order chi connectivity index (χ0) is 15.5. The standard InChI is InChI=1S/C16H11Cl2N3O/c17-11-4-3-5-12(18)10(11)8-9-15(22)21-16-19-13-6-1-2-7-14(13)20-16/h1-9H,(H2,19,20,21,22)/b9-8+. The molecule has 1 amide bonds. The van der Waals surface area contributed by atoms with E-state index in [2.05, 4.69) is 15.3 Å². The number of nitrogens with zero attached hydrogens (tertiary/aromatic N) is 1. The molecule has 0 saturated carbocycles. The minimum atomic E-state index is -0.324. The normalized spacial score (nSPS) is 11.2. The molecule has 0 bridgehead atoms. The van der Waals surface area contributed by atoms with Crippen molar-refractivity contribution >= 4 is 52.2 Å². The van der Waals surface area contributed by atoms with Gasteiger partial charge >= 0.3 is 0 Å². The Morgan fingerprint density at radius 2 is 1.82 bits per heavy atom. The molecule has 1 heterocycles. The zero-order valence-electron chi connectivity index (χ0n) is 11.3. The number of carbonyl (C=O) groups is 1. The summed E-state index contributed by atoms with van der Waals surface area (Å²) in [6.45, 7) is 0. The third-order valence-electron chi connectivity index (χ3n) is 3.03. The Morgan fingerprint density at radius 1 is 1.09 bits per heavy atom. The second-order valence-electron chi connectivity index (χ2n) is 4.56. The van der Waals surface area contributed by atoms with Crippen molar-refractivity contribution in [1.82, 2.24) is 9.97 Å². The maximum Gasteiger partial charge on any atom is 0.250 e. The first-order valence-corrected chi connectivity index (χ1v) is 7.27. The smallest absolute Gasteiger partial charge is 0.250 e. The summed E-state index contributed by atoms with van der Waals surface area (Å²) in [4.78, 5) is 19.2. The topological polar surface area (TPSA) is 57.8 Å². The molecule has 0 aliphatic rings. The van der Waals surface area contributed by atoms with Gasteiger partial charge in [-0.3, -0.25) is 10.1 Å². The summed E-state index contributed by atoms with van der Waals surface area (Å²) >= 11 is 12.1. The van der Waals surface area contributed by atoms with Crippen molar-refractivity contribution in [3.63, 3.8) is 0 Å². The van der Waals surface area contributed by atoms with Crippen LogP contribution in [-0.2, 0) is 4.79 Å². The lowest BCUT2D eigenvalue weighted by Gasteiger charge is -2.01. The van der Waals surface area contributed by atoms with E-state index in [1.165, 1.54) is 6.08 Å². The molecule has 22 heavy (non-hydrogen) atoms. The molecule has 0 fully saturated rings. The highest BCUT2D eigenvalue weighted by molar-refractivity contribution is 6.37. The number of carbonyl (C=O) groups excluding carboxylic acids is 1. The van der Waals surface area contributed by atoms with Gasteiger partial charge < -0.3 is 4.98 Å². The molecule has 110 valence electrons. The highest BCUT2D eigenvalue weighted by atomic mass is 35.5. The van der Waals surface area contributed by atoms with E-state index < -0.39 is 0 Å². The van der Waals surface area contributed by atoms with Gasteiger partial charge in [0.05, 0.1) is 11.0 Å². The van der Waals surface area contributed by atoms with Crippen LogP contribution in [0.4, 0.5) is 5.95 Å². The Kier molecular flexibility index (Phi) is 4.13. The molecular formula is C16H11Cl2N3O. The van der Waals surface area contributed by atoms with Gasteiger partial charge in [-0.1, -0.05) is 41.4 Å². The molecule has 2 aromatic carbocycles. The minimum Gasteiger partial charge on any atom is -0.324 e. The molecule has 0 spiro atoms. The molecular weight excluding hydrogens is 321 g/mol. The summed E-state index contributed by atoms with van der Waals surface area (Å²) in [6.07, 6.45) is 2.93. The quantitative estimate of drug-likeness (QED) is 0.693. The van der Waals surface area contributed by atoms with Crippen molar-refractivity contribution in [2.24, 2.45) is 0 Å². The van der Waals surface area contributed by atoms with Crippen LogP contribution in [0.5, 0.6) is 0 Å². The maximum atomic E-state index is 11.9. The predicted molar refractivity (Wildman–Crippen MR) is 90.2 cm³/mol. The minimum absolute atomic E-state index is 0.324. The number of anilines is 1. The maximum absolute atomic E-state index is 11.9. The summed E-state index contributed by atoms with van der Waals surface area (Å²) in [7, 11) is 0. The third kappa shape index (κ3) is 3.13. The van der Waals surface area contributed by atoms with Gasteiger partial charge in [-0.05, 0) is 30.3 Å². The summed E-state index contributed by atoms with van der Waals surface area (Å²) in [5.74, 6) is 0.0659. The van der Waals surface area contributed by atoms with E-state index in [1.54, 1.807) is 24.3 Å². The number of amides is 1. The number of benzene rings is 2. The summed E-state index contributed by atoms with van der Waals surface area (Å²) in [6, 6.07) is 12.7. The Hall–Kier alpha value is -2.30. The monoisotopic (exact) mass is 331 g/mol. The lowest BCUT2D eigenvalue weighted by Crippen LogP contribution is -2.08. The number of rotatable bonds is 3. The number of fused-ring (bicyclic) bond motifs is 1. The second kappa shape index (κ2) is 6.22. The van der Waals surface area contributed by atoms with Gasteiger partial charge in [0.1, 0.15) is 0 Å². The zero-order valence-corrected chi connectivity index (χ0v) is 12.8. The number of aromatic nitrogens is 2.